The summed E-state index contributed by atoms with van der Waals surface area (Å²) in [6.07, 6.45) is 0. The molecule has 1 rings (SSSR count). The van der Waals surface area contributed by atoms with E-state index in [1.165, 1.54) is 11.1 Å². The fourth-order valence-electron chi connectivity index (χ4n) is 1.35. The van der Waals surface area contributed by atoms with Gasteiger partial charge >= 0.3 is 0 Å². The van der Waals surface area contributed by atoms with E-state index in [2.05, 4.69) is 36.5 Å². The van der Waals surface area contributed by atoms with E-state index in [4.69, 9.17) is 9.84 Å². The van der Waals surface area contributed by atoms with Crippen molar-refractivity contribution in [2.24, 2.45) is 0 Å². The van der Waals surface area contributed by atoms with Gasteiger partial charge in [0.15, 0.2) is 0 Å². The van der Waals surface area contributed by atoms with Crippen LogP contribution >= 0.6 is 0 Å². The maximum absolute atomic E-state index is 9.04. The van der Waals surface area contributed by atoms with Crippen molar-refractivity contribution < 1.29 is 9.84 Å². The molecule has 0 spiro atoms. The molecule has 0 aromatic heterocycles. The van der Waals surface area contributed by atoms with Gasteiger partial charge in [0.25, 0.3) is 0 Å². The average Bonchev–Trinajstić information content (AvgIpc) is 2.26. The van der Waals surface area contributed by atoms with Crippen molar-refractivity contribution in [1.82, 2.24) is 5.32 Å². The molecule has 0 radical (unpaired) electrons. The second-order valence-electron chi connectivity index (χ2n) is 3.70. The third-order valence-corrected chi connectivity index (χ3v) is 2.30. The molecule has 1 atom stereocenters. The second kappa shape index (κ2) is 6.56. The van der Waals surface area contributed by atoms with Gasteiger partial charge in [-0.25, -0.2) is 0 Å². The lowest BCUT2D eigenvalue weighted by molar-refractivity contribution is 0.128. The Morgan fingerprint density at radius 1 is 1.33 bits per heavy atom. The van der Waals surface area contributed by atoms with Crippen molar-refractivity contribution in [3.05, 3.63) is 35.4 Å². The van der Waals surface area contributed by atoms with Gasteiger partial charge in [-0.2, -0.15) is 0 Å². The van der Waals surface area contributed by atoms with Gasteiger partial charge in [-0.05, 0) is 12.5 Å². The molecule has 0 amide bonds. The van der Waals surface area contributed by atoms with Crippen LogP contribution in [0.3, 0.4) is 0 Å². The van der Waals surface area contributed by atoms with Crippen LogP contribution in [0.2, 0.25) is 0 Å². The quantitative estimate of drug-likeness (QED) is 0.737. The maximum atomic E-state index is 9.04. The van der Waals surface area contributed by atoms with Crippen molar-refractivity contribution in [1.29, 1.82) is 0 Å². The van der Waals surface area contributed by atoms with Gasteiger partial charge in [-0.15, -0.1) is 0 Å². The first kappa shape index (κ1) is 12.2. The molecule has 0 heterocycles. The van der Waals surface area contributed by atoms with Crippen LogP contribution in [0.25, 0.3) is 0 Å². The molecule has 0 aliphatic heterocycles. The van der Waals surface area contributed by atoms with Gasteiger partial charge in [0.1, 0.15) is 0 Å². The van der Waals surface area contributed by atoms with Crippen LogP contribution in [-0.4, -0.2) is 31.5 Å². The Hall–Kier alpha value is -0.900. The standard InChI is InChI=1S/C12H19NO2/c1-10-3-5-11(6-4-10)7-13-12(8-14)9-15-2/h3-6,12-14H,7-9H2,1-2H3. The second-order valence-corrected chi connectivity index (χ2v) is 3.70. The predicted molar refractivity (Wildman–Crippen MR) is 60.8 cm³/mol. The zero-order chi connectivity index (χ0) is 11.1. The van der Waals surface area contributed by atoms with Crippen LogP contribution in [0.5, 0.6) is 0 Å². The highest BCUT2D eigenvalue weighted by molar-refractivity contribution is 5.21. The lowest BCUT2D eigenvalue weighted by atomic mass is 10.1. The Balaban J connectivity index is 2.38. The van der Waals surface area contributed by atoms with Gasteiger partial charge in [-0.3, -0.25) is 0 Å². The third kappa shape index (κ3) is 4.42. The summed E-state index contributed by atoms with van der Waals surface area (Å²) in [6.45, 7) is 3.45. The Morgan fingerprint density at radius 2 is 2.00 bits per heavy atom. The zero-order valence-corrected chi connectivity index (χ0v) is 9.36. The molecule has 3 heteroatoms. The summed E-state index contributed by atoms with van der Waals surface area (Å²) in [4.78, 5) is 0. The molecule has 1 aromatic rings. The van der Waals surface area contributed by atoms with E-state index in [-0.39, 0.29) is 12.6 Å². The molecule has 0 saturated heterocycles. The largest absolute Gasteiger partial charge is 0.395 e. The van der Waals surface area contributed by atoms with Crippen LogP contribution in [0.1, 0.15) is 11.1 Å². The summed E-state index contributed by atoms with van der Waals surface area (Å²) in [5, 5.41) is 12.3. The highest BCUT2D eigenvalue weighted by Crippen LogP contribution is 2.02. The number of benzene rings is 1. The number of hydrogen-bond donors (Lipinski definition) is 2. The topological polar surface area (TPSA) is 41.5 Å². The monoisotopic (exact) mass is 209 g/mol. The van der Waals surface area contributed by atoms with E-state index >= 15 is 0 Å². The number of hydrogen-bond acceptors (Lipinski definition) is 3. The Morgan fingerprint density at radius 3 is 2.53 bits per heavy atom. The van der Waals surface area contributed by atoms with Crippen LogP contribution in [-0.2, 0) is 11.3 Å². The van der Waals surface area contributed by atoms with E-state index in [1.807, 2.05) is 0 Å². The van der Waals surface area contributed by atoms with Crippen LogP contribution in [0.4, 0.5) is 0 Å². The minimum absolute atomic E-state index is 0.0105. The van der Waals surface area contributed by atoms with Crippen molar-refractivity contribution in [2.45, 2.75) is 19.5 Å². The molecule has 1 aromatic carbocycles. The summed E-state index contributed by atoms with van der Waals surface area (Å²) in [5.74, 6) is 0. The van der Waals surface area contributed by atoms with Crippen molar-refractivity contribution >= 4 is 0 Å². The van der Waals surface area contributed by atoms with E-state index in [9.17, 15) is 0 Å². The molecule has 0 aliphatic carbocycles. The molecule has 0 bridgehead atoms. The average molecular weight is 209 g/mol. The van der Waals surface area contributed by atoms with Gasteiger partial charge < -0.3 is 15.2 Å². The first-order valence-electron chi connectivity index (χ1n) is 5.15. The van der Waals surface area contributed by atoms with E-state index in [1.54, 1.807) is 7.11 Å². The Bertz CT molecular complexity index is 271. The molecule has 2 N–H and O–H groups in total. The summed E-state index contributed by atoms with van der Waals surface area (Å²) in [6, 6.07) is 8.35. The van der Waals surface area contributed by atoms with Gasteiger partial charge in [0, 0.05) is 13.7 Å². The summed E-state index contributed by atoms with van der Waals surface area (Å²) >= 11 is 0. The highest BCUT2D eigenvalue weighted by Gasteiger charge is 2.05. The fourth-order valence-corrected chi connectivity index (χ4v) is 1.35. The number of methoxy groups -OCH3 is 1. The number of aliphatic hydroxyl groups is 1. The van der Waals surface area contributed by atoms with Gasteiger partial charge in [0.05, 0.1) is 19.3 Å². The molecule has 0 aliphatic rings. The third-order valence-electron chi connectivity index (χ3n) is 2.30. The number of rotatable bonds is 6. The normalized spacial score (nSPS) is 12.7. The molecular weight excluding hydrogens is 190 g/mol. The fraction of sp³-hybridized carbons (Fsp3) is 0.500. The van der Waals surface area contributed by atoms with E-state index in [0.29, 0.717) is 6.61 Å². The minimum Gasteiger partial charge on any atom is -0.395 e. The number of nitrogens with one attached hydrogen (secondary N) is 1. The number of aryl methyl sites for hydroxylation is 1. The predicted octanol–water partition coefficient (Wildman–Crippen LogP) is 1.09. The number of ether oxygens (including phenoxy) is 1. The molecular formula is C12H19NO2. The van der Waals surface area contributed by atoms with Crippen molar-refractivity contribution in [3.8, 4) is 0 Å². The molecule has 84 valence electrons. The first-order chi connectivity index (χ1) is 7.26. The molecule has 0 saturated carbocycles. The number of aliphatic hydroxyl groups excluding tert-OH is 1. The minimum atomic E-state index is 0.0105. The van der Waals surface area contributed by atoms with E-state index < -0.39 is 0 Å². The lowest BCUT2D eigenvalue weighted by Gasteiger charge is -2.15. The highest BCUT2D eigenvalue weighted by atomic mass is 16.5. The Kier molecular flexibility index (Phi) is 5.32. The smallest absolute Gasteiger partial charge is 0.0638 e. The van der Waals surface area contributed by atoms with Gasteiger partial charge in [-0.1, -0.05) is 29.8 Å². The Labute approximate surface area is 91.1 Å². The zero-order valence-electron chi connectivity index (χ0n) is 9.36. The molecule has 3 nitrogen and oxygen atoms in total. The van der Waals surface area contributed by atoms with Gasteiger partial charge in [0.2, 0.25) is 0 Å². The summed E-state index contributed by atoms with van der Waals surface area (Å²) < 4.78 is 4.98. The van der Waals surface area contributed by atoms with Crippen LogP contribution in [0, 0.1) is 6.92 Å². The van der Waals surface area contributed by atoms with Crippen LogP contribution in [0.15, 0.2) is 24.3 Å². The van der Waals surface area contributed by atoms with E-state index in [0.717, 1.165) is 6.54 Å². The first-order valence-corrected chi connectivity index (χ1v) is 5.15. The summed E-state index contributed by atoms with van der Waals surface area (Å²) in [5.41, 5.74) is 2.48. The SMILES string of the molecule is COCC(CO)NCc1ccc(C)cc1. The molecule has 15 heavy (non-hydrogen) atoms. The van der Waals surface area contributed by atoms with Crippen molar-refractivity contribution in [2.75, 3.05) is 20.3 Å². The molecule has 0 fully saturated rings. The lowest BCUT2D eigenvalue weighted by Crippen LogP contribution is -2.35. The summed E-state index contributed by atoms with van der Waals surface area (Å²) in [7, 11) is 1.64. The van der Waals surface area contributed by atoms with Crippen molar-refractivity contribution in [3.63, 3.8) is 0 Å². The molecule has 1 unspecified atom stereocenters. The maximum Gasteiger partial charge on any atom is 0.0638 e. The van der Waals surface area contributed by atoms with Crippen LogP contribution < -0.4 is 5.32 Å².